The minimum absolute atomic E-state index is 0. The number of hydrogen-bond donors (Lipinski definition) is 0. The van der Waals surface area contributed by atoms with Crippen molar-refractivity contribution in [1.82, 2.24) is 9.97 Å². The van der Waals surface area contributed by atoms with Gasteiger partial charge in [-0.2, -0.15) is 10.2 Å². The van der Waals surface area contributed by atoms with E-state index in [1.54, 1.807) is 0 Å². The maximum atomic E-state index is 9.23. The van der Waals surface area contributed by atoms with Gasteiger partial charge in [0.05, 0.1) is 23.9 Å². The van der Waals surface area contributed by atoms with E-state index in [1.807, 2.05) is 0 Å². The fourth-order valence-electron chi connectivity index (χ4n) is 1.66. The van der Waals surface area contributed by atoms with E-state index < -0.39 is 5.41 Å². The van der Waals surface area contributed by atoms with Gasteiger partial charge in [-0.3, -0.25) is 4.98 Å². The molecule has 1 aromatic heterocycles. The molecule has 1 aromatic rings. The molecule has 98 valence electrons. The largest absolute Gasteiger partial charge is 0.475 e. The Kier molecular flexibility index (Phi) is 5.32. The van der Waals surface area contributed by atoms with Crippen molar-refractivity contribution in [2.45, 2.75) is 20.3 Å². The minimum Gasteiger partial charge on any atom is -0.475 e. The first-order chi connectivity index (χ1) is 8.24. The van der Waals surface area contributed by atoms with Gasteiger partial charge in [-0.05, 0) is 12.8 Å². The van der Waals surface area contributed by atoms with Crippen molar-refractivity contribution < 1.29 is 9.47 Å². The summed E-state index contributed by atoms with van der Waals surface area (Å²) in [6.45, 7) is 1.48. The Hall–Kier alpha value is -1.38. The Morgan fingerprint density at radius 3 is 2.78 bits per heavy atom. The molecule has 0 bridgehead atoms. The molecule has 0 atom stereocenters. The first-order valence-corrected chi connectivity index (χ1v) is 5.71. The lowest BCUT2D eigenvalue weighted by Gasteiger charge is -2.29. The van der Waals surface area contributed by atoms with Gasteiger partial charge in [0, 0.05) is 13.2 Å². The van der Waals surface area contributed by atoms with E-state index in [0.29, 0.717) is 38.5 Å². The van der Waals surface area contributed by atoms with Gasteiger partial charge in [0.25, 0.3) is 0 Å². The molecule has 18 heavy (non-hydrogen) atoms. The van der Waals surface area contributed by atoms with E-state index in [0.717, 1.165) is 0 Å². The molecular weight excluding hydrogens is 254 g/mol. The molecule has 1 aliphatic heterocycles. The summed E-state index contributed by atoms with van der Waals surface area (Å²) < 4.78 is 10.7. The first kappa shape index (κ1) is 14.7. The Bertz CT molecular complexity index is 428. The Morgan fingerprint density at radius 2 is 2.17 bits per heavy atom. The zero-order chi connectivity index (χ0) is 12.1. The lowest BCUT2D eigenvalue weighted by Crippen LogP contribution is -2.34. The monoisotopic (exact) mass is 269 g/mol. The average Bonchev–Trinajstić information content (AvgIpc) is 2.38. The highest BCUT2D eigenvalue weighted by atomic mass is 35.5. The van der Waals surface area contributed by atoms with E-state index >= 15 is 0 Å². The third-order valence-electron chi connectivity index (χ3n) is 2.77. The van der Waals surface area contributed by atoms with Crippen molar-refractivity contribution in [3.8, 4) is 11.9 Å². The highest BCUT2D eigenvalue weighted by Gasteiger charge is 2.33. The molecule has 5 nitrogen and oxygen atoms in total. The Balaban J connectivity index is 0.00000162. The number of ether oxygens (including phenoxy) is 2. The summed E-state index contributed by atoms with van der Waals surface area (Å²) >= 11 is 5.70. The van der Waals surface area contributed by atoms with E-state index in [-0.39, 0.29) is 12.6 Å². The van der Waals surface area contributed by atoms with Crippen molar-refractivity contribution in [3.63, 3.8) is 0 Å². The molecule has 6 heteroatoms. The summed E-state index contributed by atoms with van der Waals surface area (Å²) in [4.78, 5) is 7.83. The molecule has 0 aliphatic carbocycles. The fraction of sp³-hybridized carbons (Fsp3) is 0.583. The highest BCUT2D eigenvalue weighted by Crippen LogP contribution is 2.30. The molecular formula is C12H16ClN3O2. The van der Waals surface area contributed by atoms with Gasteiger partial charge in [-0.25, -0.2) is 0 Å². The van der Waals surface area contributed by atoms with Gasteiger partial charge in [0.2, 0.25) is 5.88 Å². The standard InChI is InChI=1S/C11H12ClN3O2.CH4/c12-9-5-14-6-10(15-9)17-8-11(7-13)1-3-16-4-2-11;/h5-6H,1-4,8H2;1H4. The number of hydrogen-bond acceptors (Lipinski definition) is 5. The second-order valence-electron chi connectivity index (χ2n) is 3.97. The van der Waals surface area contributed by atoms with Crippen LogP contribution in [-0.2, 0) is 4.74 Å². The van der Waals surface area contributed by atoms with E-state index in [2.05, 4.69) is 16.0 Å². The topological polar surface area (TPSA) is 68.0 Å². The van der Waals surface area contributed by atoms with E-state index in [4.69, 9.17) is 21.1 Å². The normalized spacial score (nSPS) is 17.3. The lowest BCUT2D eigenvalue weighted by atomic mass is 9.83. The molecule has 0 N–H and O–H groups in total. The Labute approximate surface area is 112 Å². The molecule has 0 unspecified atom stereocenters. The van der Waals surface area contributed by atoms with Gasteiger partial charge >= 0.3 is 0 Å². The number of nitrogens with zero attached hydrogens (tertiary/aromatic N) is 3. The third-order valence-corrected chi connectivity index (χ3v) is 2.95. The quantitative estimate of drug-likeness (QED) is 0.843. The van der Waals surface area contributed by atoms with Gasteiger partial charge in [-0.15, -0.1) is 0 Å². The van der Waals surface area contributed by atoms with Crippen LogP contribution in [0.3, 0.4) is 0 Å². The number of nitriles is 1. The summed E-state index contributed by atoms with van der Waals surface area (Å²) in [7, 11) is 0. The maximum absolute atomic E-state index is 9.23. The average molecular weight is 270 g/mol. The number of halogens is 1. The van der Waals surface area contributed by atoms with E-state index in [1.165, 1.54) is 12.4 Å². The van der Waals surface area contributed by atoms with Gasteiger partial charge in [0.1, 0.15) is 6.61 Å². The van der Waals surface area contributed by atoms with Crippen LogP contribution in [0.4, 0.5) is 0 Å². The van der Waals surface area contributed by atoms with Crippen LogP contribution in [0, 0.1) is 16.7 Å². The van der Waals surface area contributed by atoms with Gasteiger partial charge in [0.15, 0.2) is 5.15 Å². The van der Waals surface area contributed by atoms with Crippen LogP contribution in [-0.4, -0.2) is 29.8 Å². The van der Waals surface area contributed by atoms with Crippen molar-refractivity contribution in [2.75, 3.05) is 19.8 Å². The second-order valence-corrected chi connectivity index (χ2v) is 4.36. The predicted molar refractivity (Wildman–Crippen MR) is 67.4 cm³/mol. The maximum Gasteiger partial charge on any atom is 0.233 e. The van der Waals surface area contributed by atoms with Crippen LogP contribution in [0.15, 0.2) is 12.4 Å². The summed E-state index contributed by atoms with van der Waals surface area (Å²) in [6, 6.07) is 2.32. The third kappa shape index (κ3) is 3.56. The minimum atomic E-state index is -0.484. The Morgan fingerprint density at radius 1 is 1.44 bits per heavy atom. The zero-order valence-corrected chi connectivity index (χ0v) is 9.98. The molecule has 1 saturated heterocycles. The summed E-state index contributed by atoms with van der Waals surface area (Å²) in [5, 5.41) is 9.50. The van der Waals surface area contributed by atoms with Crippen molar-refractivity contribution in [1.29, 1.82) is 5.26 Å². The molecule has 0 saturated carbocycles. The van der Waals surface area contributed by atoms with Crippen LogP contribution in [0.2, 0.25) is 5.15 Å². The van der Waals surface area contributed by atoms with Crippen LogP contribution in [0.25, 0.3) is 0 Å². The SMILES string of the molecule is C.N#CC1(COc2cncc(Cl)n2)CCOCC1. The van der Waals surface area contributed by atoms with Crippen LogP contribution in [0.1, 0.15) is 20.3 Å². The summed E-state index contributed by atoms with van der Waals surface area (Å²) in [6.07, 6.45) is 4.27. The molecule has 0 amide bonds. The summed E-state index contributed by atoms with van der Waals surface area (Å²) in [5.74, 6) is 0.346. The van der Waals surface area contributed by atoms with Crippen LogP contribution >= 0.6 is 11.6 Å². The van der Waals surface area contributed by atoms with Crippen molar-refractivity contribution in [2.24, 2.45) is 5.41 Å². The zero-order valence-electron chi connectivity index (χ0n) is 9.23. The highest BCUT2D eigenvalue weighted by molar-refractivity contribution is 6.29. The van der Waals surface area contributed by atoms with Gasteiger partial charge in [-0.1, -0.05) is 19.0 Å². The lowest BCUT2D eigenvalue weighted by molar-refractivity contribution is 0.0182. The van der Waals surface area contributed by atoms with Crippen LogP contribution in [0.5, 0.6) is 5.88 Å². The molecule has 0 radical (unpaired) electrons. The van der Waals surface area contributed by atoms with Crippen molar-refractivity contribution >= 4 is 11.6 Å². The second kappa shape index (κ2) is 6.53. The molecule has 2 rings (SSSR count). The number of rotatable bonds is 3. The molecule has 0 aromatic carbocycles. The predicted octanol–water partition coefficient (Wildman–Crippen LogP) is 2.47. The van der Waals surface area contributed by atoms with E-state index in [9.17, 15) is 5.26 Å². The van der Waals surface area contributed by atoms with Crippen LogP contribution < -0.4 is 4.74 Å². The van der Waals surface area contributed by atoms with Crippen molar-refractivity contribution in [3.05, 3.63) is 17.5 Å². The molecule has 0 spiro atoms. The first-order valence-electron chi connectivity index (χ1n) is 5.33. The molecule has 1 aliphatic rings. The summed E-state index contributed by atoms with van der Waals surface area (Å²) in [5.41, 5.74) is -0.484. The number of aromatic nitrogens is 2. The van der Waals surface area contributed by atoms with Gasteiger partial charge < -0.3 is 9.47 Å². The molecule has 1 fully saturated rings. The smallest absolute Gasteiger partial charge is 0.233 e. The fourth-order valence-corrected chi connectivity index (χ4v) is 1.80. The molecule has 2 heterocycles.